The Hall–Kier alpha value is -3.14. The number of carbonyl (C=O) groups is 4. The van der Waals surface area contributed by atoms with E-state index >= 15 is 0 Å². The number of carboxylic acid groups (broad SMARTS) is 1. The number of rotatable bonds is 11. The average molecular weight is 453 g/mol. The van der Waals surface area contributed by atoms with Gasteiger partial charge in [-0.25, -0.2) is 4.79 Å². The van der Waals surface area contributed by atoms with Crippen molar-refractivity contribution in [3.63, 3.8) is 0 Å². The summed E-state index contributed by atoms with van der Waals surface area (Å²) in [5.74, 6) is -3.79. The summed E-state index contributed by atoms with van der Waals surface area (Å²) >= 11 is 0. The van der Waals surface area contributed by atoms with Crippen LogP contribution in [0.3, 0.4) is 0 Å². The minimum Gasteiger partial charge on any atom is -0.480 e. The third kappa shape index (κ3) is 8.54. The van der Waals surface area contributed by atoms with Crippen molar-refractivity contribution in [2.75, 3.05) is 13.2 Å². The number of carbonyl (C=O) groups excluding carboxylic acids is 3. The van der Waals surface area contributed by atoms with Gasteiger partial charge in [0.15, 0.2) is 11.5 Å². The molecule has 0 aliphatic rings. The van der Waals surface area contributed by atoms with E-state index < -0.39 is 41.9 Å². The third-order valence-electron chi connectivity index (χ3n) is 4.79. The highest BCUT2D eigenvalue weighted by Gasteiger charge is 2.32. The molecule has 10 nitrogen and oxygen atoms in total. The van der Waals surface area contributed by atoms with E-state index in [1.54, 1.807) is 6.92 Å². The van der Waals surface area contributed by atoms with Crippen LogP contribution < -0.4 is 15.2 Å². The van der Waals surface area contributed by atoms with Gasteiger partial charge >= 0.3 is 24.1 Å². The highest BCUT2D eigenvalue weighted by Crippen LogP contribution is 2.35. The maximum atomic E-state index is 11.9. The molecule has 3 N–H and O–H groups in total. The molecule has 1 aromatic rings. The first-order chi connectivity index (χ1) is 15.0. The van der Waals surface area contributed by atoms with Gasteiger partial charge in [-0.15, -0.1) is 0 Å². The Bertz CT molecular complexity index is 824. The second kappa shape index (κ2) is 12.7. The number of carboxylic acids is 1. The summed E-state index contributed by atoms with van der Waals surface area (Å²) in [4.78, 5) is 46.3. The molecule has 0 aliphatic heterocycles. The van der Waals surface area contributed by atoms with E-state index in [2.05, 4.69) is 0 Å². The zero-order valence-corrected chi connectivity index (χ0v) is 19.0. The van der Waals surface area contributed by atoms with Gasteiger partial charge in [0.2, 0.25) is 0 Å². The Morgan fingerprint density at radius 2 is 1.53 bits per heavy atom. The minimum atomic E-state index is -1.35. The van der Waals surface area contributed by atoms with Gasteiger partial charge in [-0.2, -0.15) is 0 Å². The molecule has 178 valence electrons. The summed E-state index contributed by atoms with van der Waals surface area (Å²) in [5.41, 5.74) is 6.32. The molecule has 3 unspecified atom stereocenters. The van der Waals surface area contributed by atoms with Crippen molar-refractivity contribution in [3.05, 3.63) is 23.8 Å². The van der Waals surface area contributed by atoms with E-state index in [0.717, 1.165) is 6.42 Å². The van der Waals surface area contributed by atoms with Gasteiger partial charge in [-0.3, -0.25) is 14.4 Å². The van der Waals surface area contributed by atoms with Gasteiger partial charge in [0.05, 0.1) is 13.2 Å². The smallest absolute Gasteiger partial charge is 0.480 e. The molecule has 0 saturated carbocycles. The maximum Gasteiger partial charge on any atom is 0.508 e. The number of hydrogen-bond acceptors (Lipinski definition) is 9. The molecule has 0 fully saturated rings. The van der Waals surface area contributed by atoms with Gasteiger partial charge in [0, 0.05) is 19.8 Å². The largest absolute Gasteiger partial charge is 0.508 e. The van der Waals surface area contributed by atoms with Crippen LogP contribution in [0.2, 0.25) is 0 Å². The normalized spacial score (nSPS) is 14.4. The van der Waals surface area contributed by atoms with Crippen LogP contribution in [0.1, 0.15) is 52.5 Å². The minimum absolute atomic E-state index is 0.00313. The SMILES string of the molecule is CCC(C)COC(=O)OCC(C)C(c1ccc(OC(C)=O)c(OC(C)=O)c1)[C@H](N)C(=O)O. The monoisotopic (exact) mass is 453 g/mol. The molecule has 10 heteroatoms. The highest BCUT2D eigenvalue weighted by atomic mass is 16.7. The number of aliphatic carboxylic acids is 1. The number of benzene rings is 1. The molecule has 0 spiro atoms. The van der Waals surface area contributed by atoms with Gasteiger partial charge in [0.1, 0.15) is 6.04 Å². The Kier molecular flexibility index (Phi) is 10.6. The number of ether oxygens (including phenoxy) is 4. The Labute approximate surface area is 187 Å². The highest BCUT2D eigenvalue weighted by molar-refractivity contribution is 5.76. The van der Waals surface area contributed by atoms with Gasteiger partial charge in [-0.05, 0) is 29.5 Å². The van der Waals surface area contributed by atoms with Crippen LogP contribution in [0.15, 0.2) is 18.2 Å². The van der Waals surface area contributed by atoms with Gasteiger partial charge in [0.25, 0.3) is 0 Å². The Morgan fingerprint density at radius 1 is 0.969 bits per heavy atom. The van der Waals surface area contributed by atoms with E-state index in [4.69, 9.17) is 24.7 Å². The van der Waals surface area contributed by atoms with Crippen LogP contribution in [0.25, 0.3) is 0 Å². The zero-order chi connectivity index (χ0) is 24.4. The lowest BCUT2D eigenvalue weighted by atomic mass is 9.82. The first kappa shape index (κ1) is 26.9. The van der Waals surface area contributed by atoms with Crippen molar-refractivity contribution in [3.8, 4) is 11.5 Å². The lowest BCUT2D eigenvalue weighted by Crippen LogP contribution is -2.40. The summed E-state index contributed by atoms with van der Waals surface area (Å²) in [7, 11) is 0. The van der Waals surface area contributed by atoms with Crippen molar-refractivity contribution in [2.45, 2.75) is 53.0 Å². The van der Waals surface area contributed by atoms with Crippen molar-refractivity contribution in [1.82, 2.24) is 0 Å². The van der Waals surface area contributed by atoms with E-state index in [-0.39, 0.29) is 30.6 Å². The van der Waals surface area contributed by atoms with Crippen molar-refractivity contribution in [1.29, 1.82) is 0 Å². The summed E-state index contributed by atoms with van der Waals surface area (Å²) in [6.45, 7) is 7.99. The molecule has 0 aromatic heterocycles. The summed E-state index contributed by atoms with van der Waals surface area (Å²) in [6, 6.07) is 2.92. The molecule has 1 rings (SSSR count). The summed E-state index contributed by atoms with van der Waals surface area (Å²) in [6.07, 6.45) is -0.0154. The summed E-state index contributed by atoms with van der Waals surface area (Å²) in [5, 5.41) is 9.49. The Morgan fingerprint density at radius 3 is 2.06 bits per heavy atom. The van der Waals surface area contributed by atoms with Crippen molar-refractivity contribution < 1.29 is 43.2 Å². The molecule has 0 bridgehead atoms. The number of hydrogen-bond donors (Lipinski definition) is 2. The fourth-order valence-electron chi connectivity index (χ4n) is 2.92. The molecule has 0 saturated heterocycles. The second-order valence-corrected chi connectivity index (χ2v) is 7.65. The predicted molar refractivity (Wildman–Crippen MR) is 113 cm³/mol. The molecular weight excluding hydrogens is 422 g/mol. The average Bonchev–Trinajstić information content (AvgIpc) is 2.71. The lowest BCUT2D eigenvalue weighted by molar-refractivity contribution is -0.139. The van der Waals surface area contributed by atoms with Crippen LogP contribution in [0.4, 0.5) is 4.79 Å². The standard InChI is InChI=1S/C22H31NO9/c1-6-12(2)10-29-22(28)30-11-13(3)19(20(23)21(26)27)16-7-8-17(31-14(4)24)18(9-16)32-15(5)25/h7-9,12-13,19-20H,6,10-11,23H2,1-5H3,(H,26,27)/t12?,13?,19?,20-/m0/s1. The van der Waals surface area contributed by atoms with E-state index in [1.807, 2.05) is 13.8 Å². The molecule has 0 radical (unpaired) electrons. The van der Waals surface area contributed by atoms with Crippen LogP contribution in [0.5, 0.6) is 11.5 Å². The third-order valence-corrected chi connectivity index (χ3v) is 4.79. The molecule has 0 amide bonds. The van der Waals surface area contributed by atoms with Crippen LogP contribution >= 0.6 is 0 Å². The molecule has 32 heavy (non-hydrogen) atoms. The van der Waals surface area contributed by atoms with Gasteiger partial charge < -0.3 is 29.8 Å². The Balaban J connectivity index is 3.12. The summed E-state index contributed by atoms with van der Waals surface area (Å²) < 4.78 is 20.3. The first-order valence-corrected chi connectivity index (χ1v) is 10.2. The quantitative estimate of drug-likeness (QED) is 0.378. The van der Waals surface area contributed by atoms with Crippen LogP contribution in [-0.2, 0) is 23.9 Å². The number of nitrogens with two attached hydrogens (primary N) is 1. The van der Waals surface area contributed by atoms with Gasteiger partial charge in [-0.1, -0.05) is 33.3 Å². The molecular formula is C22H31NO9. The first-order valence-electron chi connectivity index (χ1n) is 10.2. The fraction of sp³-hybridized carbons (Fsp3) is 0.545. The van der Waals surface area contributed by atoms with Crippen LogP contribution in [-0.4, -0.2) is 48.4 Å². The number of esters is 2. The zero-order valence-electron chi connectivity index (χ0n) is 19.0. The molecule has 0 aliphatic carbocycles. The van der Waals surface area contributed by atoms with E-state index in [0.29, 0.717) is 5.56 Å². The molecule has 1 aromatic carbocycles. The maximum absolute atomic E-state index is 11.9. The van der Waals surface area contributed by atoms with Crippen molar-refractivity contribution >= 4 is 24.1 Å². The predicted octanol–water partition coefficient (Wildman–Crippen LogP) is 2.87. The fourth-order valence-corrected chi connectivity index (χ4v) is 2.92. The van der Waals surface area contributed by atoms with E-state index in [1.165, 1.54) is 32.0 Å². The van der Waals surface area contributed by atoms with E-state index in [9.17, 15) is 24.3 Å². The van der Waals surface area contributed by atoms with Crippen LogP contribution in [0, 0.1) is 11.8 Å². The molecule has 4 atom stereocenters. The molecule has 0 heterocycles. The lowest BCUT2D eigenvalue weighted by Gasteiger charge is -2.28. The topological polar surface area (TPSA) is 151 Å². The second-order valence-electron chi connectivity index (χ2n) is 7.65. The van der Waals surface area contributed by atoms with Crippen molar-refractivity contribution in [2.24, 2.45) is 17.6 Å².